The summed E-state index contributed by atoms with van der Waals surface area (Å²) in [6.45, 7) is 2.41. The number of ether oxygens (including phenoxy) is 2. The molecule has 7 nitrogen and oxygen atoms in total. The molecule has 1 unspecified atom stereocenters. The fourth-order valence-electron chi connectivity index (χ4n) is 2.62. The van der Waals surface area contributed by atoms with E-state index in [1.165, 1.54) is 6.92 Å². The van der Waals surface area contributed by atoms with Gasteiger partial charge in [-0.3, -0.25) is 9.59 Å². The van der Waals surface area contributed by atoms with Crippen molar-refractivity contribution in [2.45, 2.75) is 13.0 Å². The number of benzene rings is 2. The minimum Gasteiger partial charge on any atom is -0.486 e. The second kappa shape index (κ2) is 7.88. The zero-order valence-electron chi connectivity index (χ0n) is 14.3. The Morgan fingerprint density at radius 2 is 1.88 bits per heavy atom. The average molecular weight is 356 g/mol. The maximum atomic E-state index is 12.3. The van der Waals surface area contributed by atoms with Gasteiger partial charge < -0.3 is 25.2 Å². The molecule has 136 valence electrons. The molecule has 3 rings (SSSR count). The SMILES string of the molecule is CC(=O)Nc1cccc(C(=O)NCC(O)c2ccc3c(c2)OCCO3)c1. The lowest BCUT2D eigenvalue weighted by molar-refractivity contribution is -0.114. The summed E-state index contributed by atoms with van der Waals surface area (Å²) < 4.78 is 10.9. The van der Waals surface area contributed by atoms with E-state index < -0.39 is 6.10 Å². The molecule has 0 saturated carbocycles. The maximum absolute atomic E-state index is 12.3. The van der Waals surface area contributed by atoms with Crippen molar-refractivity contribution in [1.29, 1.82) is 0 Å². The van der Waals surface area contributed by atoms with E-state index in [2.05, 4.69) is 10.6 Å². The first-order valence-corrected chi connectivity index (χ1v) is 8.26. The van der Waals surface area contributed by atoms with E-state index in [1.54, 1.807) is 42.5 Å². The number of amides is 2. The number of rotatable bonds is 5. The number of hydrogen-bond acceptors (Lipinski definition) is 5. The minimum atomic E-state index is -0.881. The molecule has 2 aromatic carbocycles. The topological polar surface area (TPSA) is 96.9 Å². The van der Waals surface area contributed by atoms with Crippen LogP contribution in [0.1, 0.15) is 28.9 Å². The first-order valence-electron chi connectivity index (χ1n) is 8.26. The molecule has 26 heavy (non-hydrogen) atoms. The van der Waals surface area contributed by atoms with Gasteiger partial charge in [-0.25, -0.2) is 0 Å². The number of carbonyl (C=O) groups excluding carboxylic acids is 2. The summed E-state index contributed by atoms with van der Waals surface area (Å²) in [5.74, 6) is 0.679. The molecule has 7 heteroatoms. The zero-order chi connectivity index (χ0) is 18.5. The first-order chi connectivity index (χ1) is 12.5. The number of fused-ring (bicyclic) bond motifs is 1. The molecule has 0 spiro atoms. The van der Waals surface area contributed by atoms with Gasteiger partial charge in [-0.1, -0.05) is 12.1 Å². The van der Waals surface area contributed by atoms with E-state index in [0.717, 1.165) is 0 Å². The van der Waals surface area contributed by atoms with Gasteiger partial charge in [0.1, 0.15) is 13.2 Å². The predicted octanol–water partition coefficient (Wildman–Crippen LogP) is 1.88. The number of nitrogens with one attached hydrogen (secondary N) is 2. The first kappa shape index (κ1) is 17.8. The highest BCUT2D eigenvalue weighted by molar-refractivity contribution is 5.96. The van der Waals surface area contributed by atoms with Crippen molar-refractivity contribution < 1.29 is 24.2 Å². The van der Waals surface area contributed by atoms with Crippen molar-refractivity contribution in [2.24, 2.45) is 0 Å². The summed E-state index contributed by atoms with van der Waals surface area (Å²) >= 11 is 0. The minimum absolute atomic E-state index is 0.0445. The van der Waals surface area contributed by atoms with Gasteiger partial charge >= 0.3 is 0 Å². The van der Waals surface area contributed by atoms with Crippen molar-refractivity contribution in [1.82, 2.24) is 5.32 Å². The highest BCUT2D eigenvalue weighted by Gasteiger charge is 2.16. The van der Waals surface area contributed by atoms with Crippen LogP contribution in [-0.2, 0) is 4.79 Å². The molecule has 3 N–H and O–H groups in total. The maximum Gasteiger partial charge on any atom is 0.251 e. The van der Waals surface area contributed by atoms with Crippen LogP contribution in [0.3, 0.4) is 0 Å². The molecule has 0 saturated heterocycles. The van der Waals surface area contributed by atoms with Crippen LogP contribution in [-0.4, -0.2) is 36.7 Å². The van der Waals surface area contributed by atoms with Gasteiger partial charge in [0.15, 0.2) is 11.5 Å². The third-order valence-corrected chi connectivity index (χ3v) is 3.85. The summed E-state index contributed by atoms with van der Waals surface area (Å²) in [4.78, 5) is 23.4. The Morgan fingerprint density at radius 3 is 2.65 bits per heavy atom. The van der Waals surface area contributed by atoms with E-state index in [1.807, 2.05) is 0 Å². The molecule has 0 radical (unpaired) electrons. The normalized spacial score (nSPS) is 13.6. The predicted molar refractivity (Wildman–Crippen MR) is 95.5 cm³/mol. The molecule has 0 bridgehead atoms. The standard InChI is InChI=1S/C19H20N2O5/c1-12(22)21-15-4-2-3-14(9-15)19(24)20-11-16(23)13-5-6-17-18(10-13)26-8-7-25-17/h2-6,9-10,16,23H,7-8,11H2,1H3,(H,20,24)(H,21,22). The van der Waals surface area contributed by atoms with Crippen LogP contribution in [0.5, 0.6) is 11.5 Å². The Hall–Kier alpha value is -3.06. The molecule has 2 aromatic rings. The lowest BCUT2D eigenvalue weighted by atomic mass is 10.1. The van der Waals surface area contributed by atoms with Gasteiger partial charge in [0.25, 0.3) is 5.91 Å². The van der Waals surface area contributed by atoms with Gasteiger partial charge in [0.2, 0.25) is 5.91 Å². The highest BCUT2D eigenvalue weighted by Crippen LogP contribution is 2.32. The molecule has 0 aromatic heterocycles. The quantitative estimate of drug-likeness (QED) is 0.760. The Morgan fingerprint density at radius 1 is 1.12 bits per heavy atom. The average Bonchev–Trinajstić information content (AvgIpc) is 2.65. The molecular weight excluding hydrogens is 336 g/mol. The molecular formula is C19H20N2O5. The molecule has 1 atom stereocenters. The largest absolute Gasteiger partial charge is 0.486 e. The molecule has 1 aliphatic heterocycles. The van der Waals surface area contributed by atoms with Crippen molar-refractivity contribution >= 4 is 17.5 Å². The van der Waals surface area contributed by atoms with E-state index in [0.29, 0.717) is 41.5 Å². The molecule has 2 amide bonds. The number of aliphatic hydroxyl groups excluding tert-OH is 1. The van der Waals surface area contributed by atoms with Crippen LogP contribution in [0.4, 0.5) is 5.69 Å². The summed E-state index contributed by atoms with van der Waals surface area (Å²) in [6, 6.07) is 11.8. The number of carbonyl (C=O) groups is 2. The smallest absolute Gasteiger partial charge is 0.251 e. The number of aliphatic hydroxyl groups is 1. The van der Waals surface area contributed by atoms with Crippen molar-refractivity contribution in [3.05, 3.63) is 53.6 Å². The van der Waals surface area contributed by atoms with Gasteiger partial charge in [-0.2, -0.15) is 0 Å². The third kappa shape index (κ3) is 4.31. The van der Waals surface area contributed by atoms with Gasteiger partial charge in [-0.15, -0.1) is 0 Å². The Balaban J connectivity index is 1.61. The third-order valence-electron chi connectivity index (χ3n) is 3.85. The van der Waals surface area contributed by atoms with Crippen LogP contribution in [0, 0.1) is 0 Å². The molecule has 0 aliphatic carbocycles. The fraction of sp³-hybridized carbons (Fsp3) is 0.263. The van der Waals surface area contributed by atoms with Gasteiger partial charge in [0.05, 0.1) is 6.10 Å². The molecule has 1 aliphatic rings. The van der Waals surface area contributed by atoms with Crippen LogP contribution >= 0.6 is 0 Å². The van der Waals surface area contributed by atoms with Crippen LogP contribution in [0.15, 0.2) is 42.5 Å². The second-order valence-corrected chi connectivity index (χ2v) is 5.89. The van der Waals surface area contributed by atoms with Crippen LogP contribution in [0.2, 0.25) is 0 Å². The van der Waals surface area contributed by atoms with Crippen molar-refractivity contribution in [3.63, 3.8) is 0 Å². The van der Waals surface area contributed by atoms with E-state index in [9.17, 15) is 14.7 Å². The summed E-state index contributed by atoms with van der Waals surface area (Å²) in [7, 11) is 0. The van der Waals surface area contributed by atoms with Gasteiger partial charge in [0, 0.05) is 24.7 Å². The summed E-state index contributed by atoms with van der Waals surface area (Å²) in [5, 5.41) is 15.6. The number of hydrogen-bond donors (Lipinski definition) is 3. The van der Waals surface area contributed by atoms with E-state index >= 15 is 0 Å². The lowest BCUT2D eigenvalue weighted by Crippen LogP contribution is -2.28. The van der Waals surface area contributed by atoms with E-state index in [4.69, 9.17) is 9.47 Å². The van der Waals surface area contributed by atoms with Crippen LogP contribution < -0.4 is 20.1 Å². The van der Waals surface area contributed by atoms with Gasteiger partial charge in [-0.05, 0) is 35.9 Å². The Labute approximate surface area is 150 Å². The zero-order valence-corrected chi connectivity index (χ0v) is 14.3. The second-order valence-electron chi connectivity index (χ2n) is 5.89. The number of anilines is 1. The Bertz CT molecular complexity index is 821. The van der Waals surface area contributed by atoms with Crippen molar-refractivity contribution in [3.8, 4) is 11.5 Å². The van der Waals surface area contributed by atoms with Crippen molar-refractivity contribution in [2.75, 3.05) is 25.1 Å². The highest BCUT2D eigenvalue weighted by atomic mass is 16.6. The molecule has 0 fully saturated rings. The fourth-order valence-corrected chi connectivity index (χ4v) is 2.62. The summed E-state index contributed by atoms with van der Waals surface area (Å²) in [6.07, 6.45) is -0.881. The summed E-state index contributed by atoms with van der Waals surface area (Å²) in [5.41, 5.74) is 1.56. The molecule has 1 heterocycles. The Kier molecular flexibility index (Phi) is 5.38. The monoisotopic (exact) mass is 356 g/mol. The van der Waals surface area contributed by atoms with E-state index in [-0.39, 0.29) is 18.4 Å². The van der Waals surface area contributed by atoms with Crippen LogP contribution in [0.25, 0.3) is 0 Å². The lowest BCUT2D eigenvalue weighted by Gasteiger charge is -2.20.